The van der Waals surface area contributed by atoms with Crippen molar-refractivity contribution >= 4 is 69.7 Å². The molecule has 0 atom stereocenters. The number of thiol groups is 1. The summed E-state index contributed by atoms with van der Waals surface area (Å²) < 4.78 is 6.10. The fourth-order valence-electron chi connectivity index (χ4n) is 0.921. The van der Waals surface area contributed by atoms with Gasteiger partial charge in [0.1, 0.15) is 0 Å². The molecule has 0 aliphatic heterocycles. The normalized spacial score (nSPS) is 9.94. The largest absolute Gasteiger partial charge is 0.545 e. The van der Waals surface area contributed by atoms with E-state index in [4.69, 9.17) is 4.74 Å². The number of hydrogen-bond acceptors (Lipinski definition) is 5. The molecule has 0 aliphatic rings. The number of rotatable bonds is 3. The molecule has 0 amide bonds. The highest BCUT2D eigenvalue weighted by molar-refractivity contribution is 14.1. The van der Waals surface area contributed by atoms with Gasteiger partial charge in [-0.1, -0.05) is 0 Å². The maximum absolute atomic E-state index is 11.1. The lowest BCUT2D eigenvalue weighted by molar-refractivity contribution is -0.255. The second-order valence-electron chi connectivity index (χ2n) is 2.69. The van der Waals surface area contributed by atoms with Gasteiger partial charge < -0.3 is 14.6 Å². The van der Waals surface area contributed by atoms with Gasteiger partial charge in [0.2, 0.25) is 0 Å². The molecule has 0 aliphatic carbocycles. The zero-order valence-electron chi connectivity index (χ0n) is 7.70. The summed E-state index contributed by atoms with van der Waals surface area (Å²) in [5.74, 6) is -1.43. The summed E-state index contributed by atoms with van der Waals surface area (Å²) in [7, 11) is 0. The molecule has 4 nitrogen and oxygen atoms in total. The van der Waals surface area contributed by atoms with Gasteiger partial charge in [0.05, 0.1) is 18.9 Å². The van der Waals surface area contributed by atoms with Crippen molar-refractivity contribution in [3.05, 3.63) is 24.8 Å². The molecule has 1 aromatic carbocycles. The number of aromatic carboxylic acids is 1. The Kier molecular flexibility index (Phi) is 5.31. The molecular formula is C9H5I2O4S-. The van der Waals surface area contributed by atoms with Crippen LogP contribution in [0.4, 0.5) is 0 Å². The van der Waals surface area contributed by atoms with Crippen LogP contribution in [0, 0.1) is 7.14 Å². The average molecular weight is 463 g/mol. The molecule has 1 aromatic rings. The molecule has 1 rings (SSSR count). The Morgan fingerprint density at radius 2 is 1.81 bits per heavy atom. The number of halogens is 2. The van der Waals surface area contributed by atoms with Gasteiger partial charge in [0.25, 0.3) is 0 Å². The van der Waals surface area contributed by atoms with Crippen molar-refractivity contribution < 1.29 is 19.4 Å². The second kappa shape index (κ2) is 6.05. The van der Waals surface area contributed by atoms with Gasteiger partial charge in [-0.05, 0) is 62.9 Å². The standard InChI is InChI=1S/C9H6I2O4S/c10-5-1-4(9(13)14)2-6(11)8(5)15-7(12)3-16/h1-2,16H,3H2,(H,13,14)/p-1. The fourth-order valence-corrected chi connectivity index (χ4v) is 2.97. The summed E-state index contributed by atoms with van der Waals surface area (Å²) in [4.78, 5) is 21.7. The molecular weight excluding hydrogens is 458 g/mol. The molecule has 0 bridgehead atoms. The van der Waals surface area contributed by atoms with E-state index in [0.717, 1.165) is 0 Å². The molecule has 0 fully saturated rings. The maximum atomic E-state index is 11.1. The van der Waals surface area contributed by atoms with Gasteiger partial charge >= 0.3 is 5.97 Å². The Hall–Kier alpha value is -0.0300. The van der Waals surface area contributed by atoms with Crippen LogP contribution in [0.2, 0.25) is 0 Å². The first-order chi connectivity index (χ1) is 7.45. The van der Waals surface area contributed by atoms with E-state index in [0.29, 0.717) is 12.9 Å². The number of esters is 1. The van der Waals surface area contributed by atoms with Gasteiger partial charge in [0.15, 0.2) is 5.75 Å². The van der Waals surface area contributed by atoms with Crippen molar-refractivity contribution in [2.24, 2.45) is 0 Å². The van der Waals surface area contributed by atoms with Crippen LogP contribution in [-0.2, 0) is 4.79 Å². The van der Waals surface area contributed by atoms with E-state index < -0.39 is 11.9 Å². The summed E-state index contributed by atoms with van der Waals surface area (Å²) >= 11 is 7.58. The van der Waals surface area contributed by atoms with Crippen molar-refractivity contribution in [1.82, 2.24) is 0 Å². The summed E-state index contributed by atoms with van der Waals surface area (Å²) in [6.07, 6.45) is 0. The molecule has 0 radical (unpaired) electrons. The SMILES string of the molecule is O=C(CS)Oc1c(I)cc(C(=O)[O-])cc1I. The number of carboxylic acids is 1. The molecule has 86 valence electrons. The number of carboxylic acid groups (broad SMARTS) is 1. The van der Waals surface area contributed by atoms with Crippen molar-refractivity contribution in [2.75, 3.05) is 5.75 Å². The topological polar surface area (TPSA) is 66.4 Å². The van der Waals surface area contributed by atoms with Crippen LogP contribution in [0.25, 0.3) is 0 Å². The number of benzene rings is 1. The van der Waals surface area contributed by atoms with Crippen molar-refractivity contribution in [1.29, 1.82) is 0 Å². The van der Waals surface area contributed by atoms with Crippen molar-refractivity contribution in [3.8, 4) is 5.75 Å². The van der Waals surface area contributed by atoms with Crippen LogP contribution in [0.5, 0.6) is 5.75 Å². The Morgan fingerprint density at radius 1 is 1.31 bits per heavy atom. The zero-order valence-corrected chi connectivity index (χ0v) is 12.9. The molecule has 0 spiro atoms. The van der Waals surface area contributed by atoms with Gasteiger partial charge in [0, 0.05) is 0 Å². The third-order valence-corrected chi connectivity index (χ3v) is 3.44. The van der Waals surface area contributed by atoms with Crippen molar-refractivity contribution in [2.45, 2.75) is 0 Å². The van der Waals surface area contributed by atoms with Crippen LogP contribution < -0.4 is 9.84 Å². The molecule has 0 N–H and O–H groups in total. The maximum Gasteiger partial charge on any atom is 0.321 e. The predicted molar refractivity (Wildman–Crippen MR) is 75.7 cm³/mol. The molecule has 0 heterocycles. The van der Waals surface area contributed by atoms with E-state index in [2.05, 4.69) is 12.6 Å². The minimum Gasteiger partial charge on any atom is -0.545 e. The highest BCUT2D eigenvalue weighted by Crippen LogP contribution is 2.29. The van der Waals surface area contributed by atoms with Crippen LogP contribution in [0.15, 0.2) is 12.1 Å². The van der Waals surface area contributed by atoms with E-state index in [1.54, 1.807) is 0 Å². The third kappa shape index (κ3) is 3.48. The van der Waals surface area contributed by atoms with Crippen LogP contribution in [0.1, 0.15) is 10.4 Å². The Labute approximate surface area is 124 Å². The summed E-state index contributed by atoms with van der Waals surface area (Å²) in [6, 6.07) is 2.78. The van der Waals surface area contributed by atoms with E-state index in [1.165, 1.54) is 12.1 Å². The number of ether oxygens (including phenoxy) is 1. The summed E-state index contributed by atoms with van der Waals surface area (Å²) in [6.45, 7) is 0. The third-order valence-electron chi connectivity index (χ3n) is 1.58. The van der Waals surface area contributed by atoms with E-state index in [-0.39, 0.29) is 11.3 Å². The Morgan fingerprint density at radius 3 is 2.19 bits per heavy atom. The minimum absolute atomic E-state index is 0.0333. The number of carbonyl (C=O) groups is 2. The fraction of sp³-hybridized carbons (Fsp3) is 0.111. The van der Waals surface area contributed by atoms with E-state index >= 15 is 0 Å². The smallest absolute Gasteiger partial charge is 0.321 e. The molecule has 0 aromatic heterocycles. The first-order valence-corrected chi connectivity index (χ1v) is 6.76. The highest BCUT2D eigenvalue weighted by Gasteiger charge is 2.12. The lowest BCUT2D eigenvalue weighted by atomic mass is 10.2. The Balaban J connectivity index is 3.12. The highest BCUT2D eigenvalue weighted by atomic mass is 127. The van der Waals surface area contributed by atoms with Crippen molar-refractivity contribution in [3.63, 3.8) is 0 Å². The number of hydrogen-bond donors (Lipinski definition) is 1. The average Bonchev–Trinajstić information content (AvgIpc) is 2.22. The monoisotopic (exact) mass is 463 g/mol. The van der Waals surface area contributed by atoms with Gasteiger partial charge in [-0.3, -0.25) is 4.79 Å². The van der Waals surface area contributed by atoms with E-state index in [1.807, 2.05) is 45.2 Å². The first-order valence-electron chi connectivity index (χ1n) is 3.97. The van der Waals surface area contributed by atoms with Gasteiger partial charge in [-0.2, -0.15) is 12.6 Å². The van der Waals surface area contributed by atoms with Gasteiger partial charge in [-0.25, -0.2) is 0 Å². The molecule has 16 heavy (non-hydrogen) atoms. The zero-order chi connectivity index (χ0) is 12.3. The molecule has 7 heteroatoms. The quantitative estimate of drug-likeness (QED) is 0.316. The van der Waals surface area contributed by atoms with Crippen LogP contribution in [0.3, 0.4) is 0 Å². The molecule has 0 saturated heterocycles. The van der Waals surface area contributed by atoms with Gasteiger partial charge in [-0.15, -0.1) is 0 Å². The Bertz CT molecular complexity index is 424. The molecule has 0 saturated carbocycles. The summed E-state index contributed by atoms with van der Waals surface area (Å²) in [5, 5.41) is 10.7. The number of carbonyl (C=O) groups excluding carboxylic acids is 2. The second-order valence-corrected chi connectivity index (χ2v) is 5.33. The van der Waals surface area contributed by atoms with Crippen LogP contribution in [-0.4, -0.2) is 17.7 Å². The predicted octanol–water partition coefficient (Wildman–Crippen LogP) is 1.09. The summed E-state index contributed by atoms with van der Waals surface area (Å²) in [5.41, 5.74) is 0.0551. The molecule has 0 unspecified atom stereocenters. The van der Waals surface area contributed by atoms with Crippen LogP contribution >= 0.6 is 57.8 Å². The first kappa shape index (κ1) is 14.0. The lowest BCUT2D eigenvalue weighted by Gasteiger charge is -2.10. The minimum atomic E-state index is -1.26. The lowest BCUT2D eigenvalue weighted by Crippen LogP contribution is -2.22. The van der Waals surface area contributed by atoms with E-state index in [9.17, 15) is 14.7 Å².